The number of ether oxygens (including phenoxy) is 1. The monoisotopic (exact) mass is 329 g/mol. The van der Waals surface area contributed by atoms with Gasteiger partial charge in [0, 0.05) is 30.6 Å². The van der Waals surface area contributed by atoms with Gasteiger partial charge in [0.15, 0.2) is 0 Å². The van der Waals surface area contributed by atoms with Crippen LogP contribution >= 0.6 is 0 Å². The first-order valence-electron chi connectivity index (χ1n) is 8.48. The third-order valence-electron chi connectivity index (χ3n) is 4.41. The van der Waals surface area contributed by atoms with Crippen LogP contribution in [0.1, 0.15) is 37.6 Å². The Balaban J connectivity index is 2.02. The van der Waals surface area contributed by atoms with Crippen molar-refractivity contribution in [2.75, 3.05) is 19.7 Å². The molecule has 3 rings (SSSR count). The average Bonchev–Trinajstić information content (AvgIpc) is 2.52. The number of carbonyl (C=O) groups is 1. The van der Waals surface area contributed by atoms with Gasteiger partial charge in [0.2, 0.25) is 0 Å². The summed E-state index contributed by atoms with van der Waals surface area (Å²) in [5.41, 5.74) is 0.276. The van der Waals surface area contributed by atoms with Gasteiger partial charge in [-0.3, -0.25) is 4.79 Å². The summed E-state index contributed by atoms with van der Waals surface area (Å²) in [6.45, 7) is 8.17. The van der Waals surface area contributed by atoms with Crippen LogP contribution in [0.5, 0.6) is 5.75 Å². The molecule has 1 fully saturated rings. The van der Waals surface area contributed by atoms with Crippen LogP contribution in [0.4, 0.5) is 0 Å². The predicted octanol–water partition coefficient (Wildman–Crippen LogP) is 3.31. The largest absolute Gasteiger partial charge is 0.494 e. The molecule has 2 heterocycles. The van der Waals surface area contributed by atoms with Crippen LogP contribution in [-0.4, -0.2) is 30.5 Å². The summed E-state index contributed by atoms with van der Waals surface area (Å²) in [7, 11) is 0. The van der Waals surface area contributed by atoms with Gasteiger partial charge in [0.05, 0.1) is 12.2 Å². The number of hydrogen-bond donors (Lipinski definition) is 0. The molecule has 0 spiro atoms. The Morgan fingerprint density at radius 2 is 1.96 bits per heavy atom. The van der Waals surface area contributed by atoms with Crippen LogP contribution in [-0.2, 0) is 0 Å². The molecule has 0 aliphatic carbocycles. The van der Waals surface area contributed by atoms with E-state index in [2.05, 4.69) is 13.8 Å². The van der Waals surface area contributed by atoms with Crippen molar-refractivity contribution in [2.24, 2.45) is 11.8 Å². The first-order valence-corrected chi connectivity index (χ1v) is 8.48. The molecule has 1 aromatic heterocycles. The van der Waals surface area contributed by atoms with E-state index < -0.39 is 5.63 Å². The molecule has 5 nitrogen and oxygen atoms in total. The molecule has 1 amide bonds. The van der Waals surface area contributed by atoms with E-state index in [9.17, 15) is 9.59 Å². The third-order valence-corrected chi connectivity index (χ3v) is 4.41. The van der Waals surface area contributed by atoms with Crippen molar-refractivity contribution < 1.29 is 13.9 Å². The molecule has 0 bridgehead atoms. The topological polar surface area (TPSA) is 59.8 Å². The standard InChI is InChI=1S/C19H23NO4/c1-4-23-14-5-6-15-16(9-18(21)24-17(15)8-14)19(22)20-10-12(2)7-13(3)11-20/h5-6,8-9,12-13H,4,7,10-11H2,1-3H3. The Morgan fingerprint density at radius 3 is 2.62 bits per heavy atom. The van der Waals surface area contributed by atoms with Crippen molar-refractivity contribution >= 4 is 16.9 Å². The summed E-state index contributed by atoms with van der Waals surface area (Å²) in [6.07, 6.45) is 1.12. The molecule has 1 aliphatic rings. The van der Waals surface area contributed by atoms with Crippen LogP contribution < -0.4 is 10.4 Å². The Kier molecular flexibility index (Phi) is 4.60. The molecule has 2 unspecified atom stereocenters. The van der Waals surface area contributed by atoms with Crippen molar-refractivity contribution in [3.05, 3.63) is 40.2 Å². The fourth-order valence-electron chi connectivity index (χ4n) is 3.58. The molecule has 2 atom stereocenters. The van der Waals surface area contributed by atoms with Gasteiger partial charge in [0.25, 0.3) is 5.91 Å². The number of carbonyl (C=O) groups excluding carboxylic acids is 1. The summed E-state index contributed by atoms with van der Waals surface area (Å²) in [5, 5.41) is 0.647. The Morgan fingerprint density at radius 1 is 1.25 bits per heavy atom. The number of hydrogen-bond acceptors (Lipinski definition) is 4. The van der Waals surface area contributed by atoms with Crippen LogP contribution in [0.15, 0.2) is 33.5 Å². The maximum absolute atomic E-state index is 13.0. The molecule has 1 aromatic carbocycles. The smallest absolute Gasteiger partial charge is 0.337 e. The summed E-state index contributed by atoms with van der Waals surface area (Å²) in [4.78, 5) is 26.7. The normalized spacial score (nSPS) is 21.0. The lowest BCUT2D eigenvalue weighted by atomic mass is 9.91. The van der Waals surface area contributed by atoms with E-state index in [-0.39, 0.29) is 5.91 Å². The minimum Gasteiger partial charge on any atom is -0.494 e. The second kappa shape index (κ2) is 6.67. The SMILES string of the molecule is CCOc1ccc2c(C(=O)N3CC(C)CC(C)C3)cc(=O)oc2c1. The van der Waals surface area contributed by atoms with Crippen LogP contribution in [0, 0.1) is 11.8 Å². The minimum absolute atomic E-state index is 0.101. The van der Waals surface area contributed by atoms with Gasteiger partial charge >= 0.3 is 5.63 Å². The van der Waals surface area contributed by atoms with E-state index in [4.69, 9.17) is 9.15 Å². The molecule has 2 aromatic rings. The molecule has 5 heteroatoms. The summed E-state index contributed by atoms with van der Waals surface area (Å²) < 4.78 is 10.7. The van der Waals surface area contributed by atoms with Gasteiger partial charge in [-0.2, -0.15) is 0 Å². The highest BCUT2D eigenvalue weighted by molar-refractivity contribution is 6.05. The number of nitrogens with zero attached hydrogens (tertiary/aromatic N) is 1. The lowest BCUT2D eigenvalue weighted by Gasteiger charge is -2.35. The maximum atomic E-state index is 13.0. The van der Waals surface area contributed by atoms with E-state index in [1.165, 1.54) is 6.07 Å². The lowest BCUT2D eigenvalue weighted by molar-refractivity contribution is 0.0624. The maximum Gasteiger partial charge on any atom is 0.337 e. The Labute approximate surface area is 141 Å². The quantitative estimate of drug-likeness (QED) is 0.811. The number of amides is 1. The minimum atomic E-state index is -0.516. The summed E-state index contributed by atoms with van der Waals surface area (Å²) in [5.74, 6) is 1.45. The van der Waals surface area contributed by atoms with Gasteiger partial charge < -0.3 is 14.1 Å². The number of likely N-dealkylation sites (tertiary alicyclic amines) is 1. The molecule has 1 saturated heterocycles. The molecule has 0 radical (unpaired) electrons. The second-order valence-corrected chi connectivity index (χ2v) is 6.73. The molecular formula is C19H23NO4. The number of benzene rings is 1. The van der Waals surface area contributed by atoms with Gasteiger partial charge in [-0.1, -0.05) is 13.8 Å². The molecule has 128 valence electrons. The van der Waals surface area contributed by atoms with E-state index >= 15 is 0 Å². The van der Waals surface area contributed by atoms with Crippen molar-refractivity contribution in [3.63, 3.8) is 0 Å². The van der Waals surface area contributed by atoms with Crippen LogP contribution in [0.25, 0.3) is 11.0 Å². The van der Waals surface area contributed by atoms with E-state index in [1.807, 2.05) is 11.8 Å². The molecule has 0 N–H and O–H groups in total. The molecule has 0 saturated carbocycles. The van der Waals surface area contributed by atoms with Gasteiger partial charge in [-0.25, -0.2) is 4.79 Å². The van der Waals surface area contributed by atoms with Gasteiger partial charge in [-0.15, -0.1) is 0 Å². The lowest BCUT2D eigenvalue weighted by Crippen LogP contribution is -2.42. The fourth-order valence-corrected chi connectivity index (χ4v) is 3.58. The van der Waals surface area contributed by atoms with Crippen LogP contribution in [0.3, 0.4) is 0 Å². The first kappa shape index (κ1) is 16.6. The number of piperidine rings is 1. The fraction of sp³-hybridized carbons (Fsp3) is 0.474. The van der Waals surface area contributed by atoms with Gasteiger partial charge in [0.1, 0.15) is 11.3 Å². The van der Waals surface area contributed by atoms with Crippen molar-refractivity contribution in [1.29, 1.82) is 0 Å². The average molecular weight is 329 g/mol. The van der Waals surface area contributed by atoms with E-state index in [0.29, 0.717) is 40.7 Å². The van der Waals surface area contributed by atoms with Crippen molar-refractivity contribution in [1.82, 2.24) is 4.90 Å². The predicted molar refractivity (Wildman–Crippen MR) is 92.5 cm³/mol. The molecule has 24 heavy (non-hydrogen) atoms. The number of fused-ring (bicyclic) bond motifs is 1. The van der Waals surface area contributed by atoms with E-state index in [0.717, 1.165) is 19.5 Å². The van der Waals surface area contributed by atoms with E-state index in [1.54, 1.807) is 18.2 Å². The van der Waals surface area contributed by atoms with Gasteiger partial charge in [-0.05, 0) is 37.3 Å². The van der Waals surface area contributed by atoms with Crippen molar-refractivity contribution in [3.8, 4) is 5.75 Å². The first-order chi connectivity index (χ1) is 11.5. The number of rotatable bonds is 3. The molecule has 1 aliphatic heterocycles. The highest BCUT2D eigenvalue weighted by atomic mass is 16.5. The Hall–Kier alpha value is -2.30. The highest BCUT2D eigenvalue weighted by Gasteiger charge is 2.27. The summed E-state index contributed by atoms with van der Waals surface area (Å²) >= 11 is 0. The zero-order valence-electron chi connectivity index (χ0n) is 14.4. The third kappa shape index (κ3) is 3.30. The Bertz CT molecular complexity index is 801. The van der Waals surface area contributed by atoms with Crippen LogP contribution in [0.2, 0.25) is 0 Å². The van der Waals surface area contributed by atoms with Crippen molar-refractivity contribution in [2.45, 2.75) is 27.2 Å². The summed E-state index contributed by atoms with van der Waals surface area (Å²) in [6, 6.07) is 6.55. The molecular weight excluding hydrogens is 306 g/mol. The second-order valence-electron chi connectivity index (χ2n) is 6.73. The zero-order chi connectivity index (χ0) is 17.3. The highest BCUT2D eigenvalue weighted by Crippen LogP contribution is 2.26. The zero-order valence-corrected chi connectivity index (χ0v) is 14.4.